The Kier molecular flexibility index (Phi) is 7.69. The van der Waals surface area contributed by atoms with Crippen LogP contribution in [0.3, 0.4) is 0 Å². The molecule has 1 aliphatic carbocycles. The van der Waals surface area contributed by atoms with Crippen LogP contribution in [0.25, 0.3) is 0 Å². The third-order valence-corrected chi connectivity index (χ3v) is 6.87. The molecule has 0 amide bonds. The average Bonchev–Trinajstić information content (AvgIpc) is 2.64. The zero-order valence-electron chi connectivity index (χ0n) is 19.9. The lowest BCUT2D eigenvalue weighted by Gasteiger charge is -2.56. The topological polar surface area (TPSA) is 96.2 Å². The molecule has 5 atom stereocenters. The van der Waals surface area contributed by atoms with E-state index < -0.39 is 34.9 Å². The Labute approximate surface area is 187 Å². The molecular weight excluding hydrogens is 395 g/mol. The summed E-state index contributed by atoms with van der Waals surface area (Å²) in [5, 5.41) is 32.9. The molecule has 31 heavy (non-hydrogen) atoms. The zero-order valence-corrected chi connectivity index (χ0v) is 19.9. The molecule has 6 nitrogen and oxygen atoms in total. The Morgan fingerprint density at radius 2 is 1.77 bits per heavy atom. The SMILES string of the molecule is [B]/C(C)=C1/OC(COC2(C)CCCC(C)(C)C2(O)/C=C/C(C)=O)C(=C(C)C)C(O)C1O. The molecule has 7 heteroatoms. The fourth-order valence-corrected chi connectivity index (χ4v) is 4.90. The van der Waals surface area contributed by atoms with Crippen molar-refractivity contribution in [1.82, 2.24) is 0 Å². The maximum Gasteiger partial charge on any atom is 0.152 e. The van der Waals surface area contributed by atoms with Gasteiger partial charge in [-0.2, -0.15) is 0 Å². The highest BCUT2D eigenvalue weighted by molar-refractivity contribution is 6.21. The molecule has 0 aromatic heterocycles. The largest absolute Gasteiger partial charge is 0.486 e. The number of hydrogen-bond acceptors (Lipinski definition) is 6. The number of allylic oxidation sites excluding steroid dienone is 3. The van der Waals surface area contributed by atoms with Gasteiger partial charge in [0.25, 0.3) is 0 Å². The summed E-state index contributed by atoms with van der Waals surface area (Å²) < 4.78 is 12.3. The molecule has 0 spiro atoms. The van der Waals surface area contributed by atoms with Gasteiger partial charge in [0.05, 0.1) is 12.2 Å². The average molecular weight is 432 g/mol. The van der Waals surface area contributed by atoms with Gasteiger partial charge < -0.3 is 24.8 Å². The van der Waals surface area contributed by atoms with E-state index in [1.54, 1.807) is 13.0 Å². The van der Waals surface area contributed by atoms with E-state index in [0.717, 1.165) is 18.4 Å². The number of carbonyl (C=O) groups is 1. The zero-order chi connectivity index (χ0) is 23.8. The molecule has 2 rings (SSSR count). The minimum Gasteiger partial charge on any atom is -0.486 e. The van der Waals surface area contributed by atoms with Crippen LogP contribution < -0.4 is 0 Å². The van der Waals surface area contributed by atoms with Crippen LogP contribution in [-0.4, -0.2) is 65.1 Å². The summed E-state index contributed by atoms with van der Waals surface area (Å²) in [5.74, 6) is -0.0168. The highest BCUT2D eigenvalue weighted by Gasteiger charge is 2.58. The van der Waals surface area contributed by atoms with Gasteiger partial charge in [0, 0.05) is 5.57 Å². The van der Waals surface area contributed by atoms with E-state index in [9.17, 15) is 20.1 Å². The van der Waals surface area contributed by atoms with Gasteiger partial charge in [-0.25, -0.2) is 0 Å². The first-order valence-electron chi connectivity index (χ1n) is 10.9. The van der Waals surface area contributed by atoms with Gasteiger partial charge in [0.15, 0.2) is 5.78 Å². The number of ether oxygens (including phenoxy) is 2. The van der Waals surface area contributed by atoms with Crippen LogP contribution in [0.1, 0.15) is 67.7 Å². The second-order valence-electron chi connectivity index (χ2n) is 9.99. The molecular formula is C24H37BO6. The van der Waals surface area contributed by atoms with Crippen LogP contribution in [0.2, 0.25) is 0 Å². The predicted octanol–water partition coefficient (Wildman–Crippen LogP) is 2.71. The Morgan fingerprint density at radius 1 is 1.16 bits per heavy atom. The number of aliphatic hydroxyl groups excluding tert-OH is 2. The van der Waals surface area contributed by atoms with E-state index in [4.69, 9.17) is 17.3 Å². The summed E-state index contributed by atoms with van der Waals surface area (Å²) in [6.07, 6.45) is 2.12. The number of hydrogen-bond donors (Lipinski definition) is 3. The first-order valence-corrected chi connectivity index (χ1v) is 10.9. The summed E-state index contributed by atoms with van der Waals surface area (Å²) in [5.41, 5.74) is -1.25. The van der Waals surface area contributed by atoms with Gasteiger partial charge in [-0.1, -0.05) is 24.9 Å². The lowest BCUT2D eigenvalue weighted by molar-refractivity contribution is -0.228. The fourth-order valence-electron chi connectivity index (χ4n) is 4.90. The van der Waals surface area contributed by atoms with Crippen molar-refractivity contribution in [3.8, 4) is 0 Å². The van der Waals surface area contributed by atoms with Crippen LogP contribution >= 0.6 is 0 Å². The van der Waals surface area contributed by atoms with Crippen molar-refractivity contribution in [1.29, 1.82) is 0 Å². The minimum atomic E-state index is -1.38. The van der Waals surface area contributed by atoms with Crippen LogP contribution in [0, 0.1) is 5.41 Å². The van der Waals surface area contributed by atoms with Gasteiger partial charge >= 0.3 is 0 Å². The van der Waals surface area contributed by atoms with E-state index in [-0.39, 0.29) is 23.6 Å². The maximum absolute atomic E-state index is 11.8. The normalized spacial score (nSPS) is 37.5. The standard InChI is InChI=1S/C24H37BO6/c1-14(2)18-17(31-21(16(4)25)20(28)19(18)27)13-30-23(7)11-8-10-22(5,6)24(23,29)12-9-15(3)26/h9,12,17,19-20,27-29H,8,10-11,13H2,1-7H3/b12-9+,21-16+. The quantitative estimate of drug-likeness (QED) is 0.351. The molecule has 1 heterocycles. The smallest absolute Gasteiger partial charge is 0.152 e. The second kappa shape index (κ2) is 9.22. The molecule has 5 unspecified atom stereocenters. The van der Waals surface area contributed by atoms with Crippen molar-refractivity contribution in [3.63, 3.8) is 0 Å². The molecule has 0 aromatic carbocycles. The number of ketones is 1. The van der Waals surface area contributed by atoms with E-state index in [1.807, 2.05) is 34.6 Å². The van der Waals surface area contributed by atoms with Crippen molar-refractivity contribution < 1.29 is 29.6 Å². The molecule has 0 aromatic rings. The van der Waals surface area contributed by atoms with Crippen molar-refractivity contribution in [2.24, 2.45) is 5.41 Å². The van der Waals surface area contributed by atoms with Gasteiger partial charge in [0.2, 0.25) is 0 Å². The lowest BCUT2D eigenvalue weighted by Crippen LogP contribution is -2.64. The lowest BCUT2D eigenvalue weighted by atomic mass is 9.58. The highest BCUT2D eigenvalue weighted by Crippen LogP contribution is 2.52. The van der Waals surface area contributed by atoms with Crippen molar-refractivity contribution >= 4 is 13.6 Å². The first-order chi connectivity index (χ1) is 14.2. The second-order valence-corrected chi connectivity index (χ2v) is 9.99. The van der Waals surface area contributed by atoms with Gasteiger partial charge in [0.1, 0.15) is 37.5 Å². The van der Waals surface area contributed by atoms with Crippen LogP contribution in [0.4, 0.5) is 0 Å². The Bertz CT molecular complexity index is 790. The van der Waals surface area contributed by atoms with Gasteiger partial charge in [-0.05, 0) is 71.4 Å². The predicted molar refractivity (Wildman–Crippen MR) is 120 cm³/mol. The summed E-state index contributed by atoms with van der Waals surface area (Å²) in [6.45, 7) is 12.5. The van der Waals surface area contributed by atoms with Crippen molar-refractivity contribution in [2.45, 2.75) is 97.2 Å². The first kappa shape index (κ1) is 25.9. The summed E-state index contributed by atoms with van der Waals surface area (Å²) >= 11 is 0. The molecule has 2 fully saturated rings. The molecule has 2 aliphatic rings. The van der Waals surface area contributed by atoms with Gasteiger partial charge in [-0.15, -0.1) is 0 Å². The Balaban J connectivity index is 2.39. The van der Waals surface area contributed by atoms with Gasteiger partial charge in [-0.3, -0.25) is 4.79 Å². The molecule has 2 radical (unpaired) electrons. The van der Waals surface area contributed by atoms with Crippen molar-refractivity contribution in [2.75, 3.05) is 6.61 Å². The third kappa shape index (κ3) is 4.85. The van der Waals surface area contributed by atoms with E-state index >= 15 is 0 Å². The minimum absolute atomic E-state index is 0.0455. The number of rotatable bonds is 5. The molecule has 0 bridgehead atoms. The Morgan fingerprint density at radius 3 is 2.29 bits per heavy atom. The van der Waals surface area contributed by atoms with E-state index in [1.165, 1.54) is 13.0 Å². The third-order valence-electron chi connectivity index (χ3n) is 6.87. The van der Waals surface area contributed by atoms with E-state index in [0.29, 0.717) is 12.0 Å². The van der Waals surface area contributed by atoms with Crippen molar-refractivity contribution in [3.05, 3.63) is 34.5 Å². The Hall–Kier alpha value is -1.41. The molecule has 172 valence electrons. The summed E-state index contributed by atoms with van der Waals surface area (Å²) in [6, 6.07) is 0. The summed E-state index contributed by atoms with van der Waals surface area (Å²) in [7, 11) is 5.86. The maximum atomic E-state index is 11.8. The monoisotopic (exact) mass is 432 g/mol. The highest BCUT2D eigenvalue weighted by atomic mass is 16.6. The molecule has 1 saturated heterocycles. The number of aliphatic hydroxyl groups is 3. The fraction of sp³-hybridized carbons (Fsp3) is 0.708. The molecule has 3 N–H and O–H groups in total. The van der Waals surface area contributed by atoms with E-state index in [2.05, 4.69) is 0 Å². The van der Waals surface area contributed by atoms with Crippen LogP contribution in [-0.2, 0) is 14.3 Å². The van der Waals surface area contributed by atoms with Crippen LogP contribution in [0.5, 0.6) is 0 Å². The molecule has 1 saturated carbocycles. The summed E-state index contributed by atoms with van der Waals surface area (Å²) in [4.78, 5) is 11.6. The van der Waals surface area contributed by atoms with Crippen LogP contribution in [0.15, 0.2) is 34.5 Å². The number of carbonyl (C=O) groups excluding carboxylic acids is 1. The molecule has 1 aliphatic heterocycles.